The third kappa shape index (κ3) is 4.01. The minimum atomic E-state index is -0.341. The summed E-state index contributed by atoms with van der Waals surface area (Å²) in [5.41, 5.74) is 3.97. The van der Waals surface area contributed by atoms with Crippen molar-refractivity contribution in [1.29, 1.82) is 0 Å². The molecule has 1 heterocycles. The van der Waals surface area contributed by atoms with E-state index in [2.05, 4.69) is 18.2 Å². The topological polar surface area (TPSA) is 66.7 Å². The van der Waals surface area contributed by atoms with E-state index in [1.165, 1.54) is 6.07 Å². The molecular formula is C22H27N3O3. The largest absolute Gasteiger partial charge is 0.366 e. The molecule has 148 valence electrons. The van der Waals surface area contributed by atoms with Gasteiger partial charge in [-0.2, -0.15) is 0 Å². The summed E-state index contributed by atoms with van der Waals surface area (Å²) < 4.78 is 0. The molecule has 0 aromatic heterocycles. The molecule has 28 heavy (non-hydrogen) atoms. The second kappa shape index (κ2) is 8.42. The third-order valence-electron chi connectivity index (χ3n) is 5.50. The molecule has 1 fully saturated rings. The number of carbonyl (C=O) groups excluding carboxylic acids is 1. The number of benzene rings is 2. The molecule has 0 bridgehead atoms. The molecule has 1 amide bonds. The van der Waals surface area contributed by atoms with E-state index >= 15 is 0 Å². The highest BCUT2D eigenvalue weighted by Crippen LogP contribution is 2.32. The summed E-state index contributed by atoms with van der Waals surface area (Å²) in [5.74, 6) is 0.0947. The zero-order chi connectivity index (χ0) is 20.3. The summed E-state index contributed by atoms with van der Waals surface area (Å²) in [5, 5.41) is 11.3. The lowest BCUT2D eigenvalue weighted by Gasteiger charge is -2.35. The predicted octanol–water partition coefficient (Wildman–Crippen LogP) is 4.48. The Bertz CT molecular complexity index is 873. The quantitative estimate of drug-likeness (QED) is 0.566. The first-order valence-corrected chi connectivity index (χ1v) is 9.79. The van der Waals surface area contributed by atoms with Crippen LogP contribution in [0.4, 0.5) is 17.1 Å². The van der Waals surface area contributed by atoms with Crippen molar-refractivity contribution in [3.63, 3.8) is 0 Å². The van der Waals surface area contributed by atoms with E-state index in [1.807, 2.05) is 36.6 Å². The number of amides is 1. The number of nitro benzene ring substituents is 1. The van der Waals surface area contributed by atoms with Crippen molar-refractivity contribution < 1.29 is 9.72 Å². The van der Waals surface area contributed by atoms with Gasteiger partial charge in [0.1, 0.15) is 5.69 Å². The number of hydrogen-bond donors (Lipinski definition) is 0. The van der Waals surface area contributed by atoms with Gasteiger partial charge in [-0.1, -0.05) is 24.3 Å². The van der Waals surface area contributed by atoms with E-state index < -0.39 is 0 Å². The average Bonchev–Trinajstić information content (AvgIpc) is 2.71. The van der Waals surface area contributed by atoms with Gasteiger partial charge in [0.15, 0.2) is 0 Å². The molecule has 3 rings (SSSR count). The second-order valence-corrected chi connectivity index (χ2v) is 7.38. The Hall–Kier alpha value is -2.89. The van der Waals surface area contributed by atoms with Crippen LogP contribution in [0.5, 0.6) is 0 Å². The van der Waals surface area contributed by atoms with Crippen LogP contribution in [-0.2, 0) is 4.79 Å². The fourth-order valence-electron chi connectivity index (χ4n) is 3.93. The molecule has 0 atom stereocenters. The molecule has 0 radical (unpaired) electrons. The Kier molecular flexibility index (Phi) is 5.97. The summed E-state index contributed by atoms with van der Waals surface area (Å²) in [6.45, 7) is 7.99. The van der Waals surface area contributed by atoms with Gasteiger partial charge in [0.05, 0.1) is 4.92 Å². The van der Waals surface area contributed by atoms with Gasteiger partial charge >= 0.3 is 0 Å². The Morgan fingerprint density at radius 1 is 1.18 bits per heavy atom. The Labute approximate surface area is 165 Å². The standard InChI is InChI=1S/C22H27N3O3/c1-4-24(21-15-16(2)9-10-17(21)3)22(26)18-11-13-23(14-12-18)19-7-5-6-8-20(19)25(27)28/h5-10,15,18H,4,11-14H2,1-3H3. The van der Waals surface area contributed by atoms with E-state index in [-0.39, 0.29) is 22.4 Å². The zero-order valence-corrected chi connectivity index (χ0v) is 16.7. The van der Waals surface area contributed by atoms with Gasteiger partial charge in [-0.25, -0.2) is 0 Å². The third-order valence-corrected chi connectivity index (χ3v) is 5.50. The maximum absolute atomic E-state index is 13.2. The molecular weight excluding hydrogens is 354 g/mol. The molecule has 1 aliphatic rings. The van der Waals surface area contributed by atoms with Gasteiger partial charge < -0.3 is 9.80 Å². The Morgan fingerprint density at radius 2 is 1.86 bits per heavy atom. The molecule has 1 aliphatic heterocycles. The van der Waals surface area contributed by atoms with E-state index in [1.54, 1.807) is 12.1 Å². The van der Waals surface area contributed by atoms with Gasteiger partial charge in [-0.05, 0) is 56.9 Å². The van der Waals surface area contributed by atoms with Crippen molar-refractivity contribution in [2.24, 2.45) is 5.92 Å². The maximum Gasteiger partial charge on any atom is 0.292 e. The molecule has 6 nitrogen and oxygen atoms in total. The van der Waals surface area contributed by atoms with Crippen molar-refractivity contribution in [2.75, 3.05) is 29.4 Å². The van der Waals surface area contributed by atoms with Crippen molar-refractivity contribution in [3.8, 4) is 0 Å². The fraction of sp³-hybridized carbons (Fsp3) is 0.409. The highest BCUT2D eigenvalue weighted by Gasteiger charge is 2.31. The normalized spacial score (nSPS) is 14.8. The van der Waals surface area contributed by atoms with Crippen LogP contribution in [-0.4, -0.2) is 30.5 Å². The molecule has 0 spiro atoms. The number of aryl methyl sites for hydroxylation is 2. The van der Waals surface area contributed by atoms with Crippen molar-refractivity contribution in [2.45, 2.75) is 33.6 Å². The van der Waals surface area contributed by atoms with Gasteiger partial charge in [0.25, 0.3) is 5.69 Å². The lowest BCUT2D eigenvalue weighted by Crippen LogP contribution is -2.43. The first-order valence-electron chi connectivity index (χ1n) is 9.79. The number of anilines is 2. The SMILES string of the molecule is CCN(C(=O)C1CCN(c2ccccc2[N+](=O)[O-])CC1)c1cc(C)ccc1C. The fourth-order valence-corrected chi connectivity index (χ4v) is 3.93. The van der Waals surface area contributed by atoms with Crippen LogP contribution in [0, 0.1) is 29.9 Å². The van der Waals surface area contributed by atoms with Crippen LogP contribution in [0.1, 0.15) is 30.9 Å². The molecule has 2 aromatic rings. The number of carbonyl (C=O) groups is 1. The van der Waals surface area contributed by atoms with E-state index in [0.717, 1.165) is 16.8 Å². The monoisotopic (exact) mass is 381 g/mol. The highest BCUT2D eigenvalue weighted by molar-refractivity contribution is 5.96. The highest BCUT2D eigenvalue weighted by atomic mass is 16.6. The second-order valence-electron chi connectivity index (χ2n) is 7.38. The molecule has 0 aliphatic carbocycles. The molecule has 0 saturated carbocycles. The van der Waals surface area contributed by atoms with Crippen molar-refractivity contribution in [3.05, 3.63) is 63.7 Å². The number of piperidine rings is 1. The van der Waals surface area contributed by atoms with Gasteiger partial charge in [0.2, 0.25) is 5.91 Å². The summed E-state index contributed by atoms with van der Waals surface area (Å²) >= 11 is 0. The zero-order valence-electron chi connectivity index (χ0n) is 16.7. The lowest BCUT2D eigenvalue weighted by atomic mass is 9.94. The molecule has 1 saturated heterocycles. The summed E-state index contributed by atoms with van der Waals surface area (Å²) in [6.07, 6.45) is 1.40. The van der Waals surface area contributed by atoms with Crippen LogP contribution in [0.25, 0.3) is 0 Å². The summed E-state index contributed by atoms with van der Waals surface area (Å²) in [7, 11) is 0. The number of nitro groups is 1. The van der Waals surface area contributed by atoms with Gasteiger partial charge in [-0.3, -0.25) is 14.9 Å². The average molecular weight is 381 g/mol. The number of hydrogen-bond acceptors (Lipinski definition) is 4. The van der Waals surface area contributed by atoms with Crippen LogP contribution in [0.3, 0.4) is 0 Å². The van der Waals surface area contributed by atoms with Crippen LogP contribution in [0.2, 0.25) is 0 Å². The minimum absolute atomic E-state index is 0.0566. The number of rotatable bonds is 5. The first-order chi connectivity index (χ1) is 13.4. The maximum atomic E-state index is 13.2. The van der Waals surface area contributed by atoms with E-state index in [4.69, 9.17) is 0 Å². The Balaban J connectivity index is 1.73. The van der Waals surface area contributed by atoms with E-state index in [0.29, 0.717) is 38.2 Å². The number of para-hydroxylation sites is 2. The molecule has 2 aromatic carbocycles. The minimum Gasteiger partial charge on any atom is -0.366 e. The molecule has 0 N–H and O–H groups in total. The lowest BCUT2D eigenvalue weighted by molar-refractivity contribution is -0.384. The van der Waals surface area contributed by atoms with Crippen LogP contribution in [0.15, 0.2) is 42.5 Å². The number of nitrogens with zero attached hydrogens (tertiary/aromatic N) is 3. The van der Waals surface area contributed by atoms with Gasteiger partial charge in [-0.15, -0.1) is 0 Å². The van der Waals surface area contributed by atoms with E-state index in [9.17, 15) is 14.9 Å². The van der Waals surface area contributed by atoms with Gasteiger partial charge in [0, 0.05) is 37.3 Å². The predicted molar refractivity (Wildman–Crippen MR) is 112 cm³/mol. The van der Waals surface area contributed by atoms with Crippen LogP contribution < -0.4 is 9.80 Å². The molecule has 6 heteroatoms. The summed E-state index contributed by atoms with van der Waals surface area (Å²) in [6, 6.07) is 13.0. The van der Waals surface area contributed by atoms with Crippen LogP contribution >= 0.6 is 0 Å². The molecule has 0 unspecified atom stereocenters. The van der Waals surface area contributed by atoms with Crippen molar-refractivity contribution >= 4 is 23.0 Å². The Morgan fingerprint density at radius 3 is 2.50 bits per heavy atom. The van der Waals surface area contributed by atoms with Crippen molar-refractivity contribution in [1.82, 2.24) is 0 Å². The smallest absolute Gasteiger partial charge is 0.292 e. The first kappa shape index (κ1) is 19.9. The summed E-state index contributed by atoms with van der Waals surface area (Å²) in [4.78, 5) is 28.1.